The number of hydrogen-bond acceptors (Lipinski definition) is 6. The van der Waals surface area contributed by atoms with Crippen molar-refractivity contribution in [3.8, 4) is 11.3 Å². The lowest BCUT2D eigenvalue weighted by molar-refractivity contribution is 0.0520. The molecule has 1 N–H and O–H groups in total. The van der Waals surface area contributed by atoms with Crippen molar-refractivity contribution in [1.29, 1.82) is 0 Å². The maximum absolute atomic E-state index is 12.0. The monoisotopic (exact) mass is 290 g/mol. The number of esters is 1. The van der Waals surface area contributed by atoms with E-state index in [0.717, 1.165) is 0 Å². The van der Waals surface area contributed by atoms with Gasteiger partial charge in [-0.05, 0) is 25.5 Å². The summed E-state index contributed by atoms with van der Waals surface area (Å²) in [6.45, 7) is 4.12. The van der Waals surface area contributed by atoms with Crippen molar-refractivity contribution in [2.75, 3.05) is 6.61 Å². The van der Waals surface area contributed by atoms with Crippen molar-refractivity contribution < 1.29 is 14.6 Å². The Morgan fingerprint density at radius 3 is 2.90 bits per heavy atom. The van der Waals surface area contributed by atoms with Gasteiger partial charge in [-0.25, -0.2) is 9.48 Å². The molecule has 0 bridgehead atoms. The van der Waals surface area contributed by atoms with E-state index in [4.69, 9.17) is 4.74 Å². The van der Waals surface area contributed by atoms with Crippen molar-refractivity contribution in [3.63, 3.8) is 0 Å². The fraction of sp³-hybridized carbons (Fsp3) is 0.429. The second-order valence-corrected chi connectivity index (χ2v) is 4.49. The molecule has 0 fully saturated rings. The molecule has 2 aromatic heterocycles. The highest BCUT2D eigenvalue weighted by atomic mass is 16.5. The van der Waals surface area contributed by atoms with Gasteiger partial charge in [0, 0.05) is 18.0 Å². The molecule has 0 radical (unpaired) electrons. The molecule has 21 heavy (non-hydrogen) atoms. The maximum atomic E-state index is 12.0. The Kier molecular flexibility index (Phi) is 4.99. The summed E-state index contributed by atoms with van der Waals surface area (Å²) < 4.78 is 6.51. The van der Waals surface area contributed by atoms with E-state index < -0.39 is 12.1 Å². The molecule has 112 valence electrons. The minimum atomic E-state index is -0.558. The Morgan fingerprint density at radius 2 is 2.29 bits per heavy atom. The van der Waals surface area contributed by atoms with Gasteiger partial charge in [0.2, 0.25) is 0 Å². The molecule has 2 aromatic rings. The number of aromatic nitrogens is 4. The van der Waals surface area contributed by atoms with E-state index in [2.05, 4.69) is 15.3 Å². The molecule has 0 amide bonds. The van der Waals surface area contributed by atoms with Crippen LogP contribution in [0, 0.1) is 0 Å². The molecule has 1 unspecified atom stereocenters. The van der Waals surface area contributed by atoms with Crippen LogP contribution in [0.3, 0.4) is 0 Å². The molecule has 7 heteroatoms. The number of aliphatic hydroxyl groups excluding tert-OH is 1. The van der Waals surface area contributed by atoms with Gasteiger partial charge in [-0.1, -0.05) is 12.1 Å². The first-order valence-electron chi connectivity index (χ1n) is 6.86. The van der Waals surface area contributed by atoms with Gasteiger partial charge in [-0.15, -0.1) is 5.10 Å². The second-order valence-electron chi connectivity index (χ2n) is 4.49. The molecule has 0 aliphatic rings. The lowest BCUT2D eigenvalue weighted by Gasteiger charge is -2.11. The normalized spacial score (nSPS) is 12.1. The average Bonchev–Trinajstić information content (AvgIpc) is 2.92. The molecule has 0 spiro atoms. The van der Waals surface area contributed by atoms with E-state index in [-0.39, 0.29) is 18.8 Å². The van der Waals surface area contributed by atoms with Crippen LogP contribution in [-0.4, -0.2) is 43.8 Å². The number of hydrogen-bond donors (Lipinski definition) is 1. The fourth-order valence-corrected chi connectivity index (χ4v) is 1.90. The van der Waals surface area contributed by atoms with E-state index >= 15 is 0 Å². The number of carbonyl (C=O) groups excluding carboxylic acids is 1. The zero-order chi connectivity index (χ0) is 15.2. The molecule has 0 aliphatic heterocycles. The first kappa shape index (κ1) is 15.1. The van der Waals surface area contributed by atoms with E-state index in [1.165, 1.54) is 4.68 Å². The summed E-state index contributed by atoms with van der Waals surface area (Å²) in [5.74, 6) is -0.534. The number of pyridine rings is 1. The first-order chi connectivity index (χ1) is 10.2. The topological polar surface area (TPSA) is 90.1 Å². The number of rotatable bonds is 6. The van der Waals surface area contributed by atoms with E-state index in [1.54, 1.807) is 25.4 Å². The number of aliphatic hydroxyl groups is 1. The van der Waals surface area contributed by atoms with E-state index in [9.17, 15) is 9.90 Å². The molecule has 0 aromatic carbocycles. The highest BCUT2D eigenvalue weighted by Crippen LogP contribution is 2.22. The smallest absolute Gasteiger partial charge is 0.361 e. The molecule has 2 rings (SSSR count). The lowest BCUT2D eigenvalue weighted by Crippen LogP contribution is -2.17. The summed E-state index contributed by atoms with van der Waals surface area (Å²) >= 11 is 0. The zero-order valence-corrected chi connectivity index (χ0v) is 12.1. The van der Waals surface area contributed by atoms with Crippen LogP contribution in [0.15, 0.2) is 24.5 Å². The molecule has 0 saturated carbocycles. The molecule has 7 nitrogen and oxygen atoms in total. The van der Waals surface area contributed by atoms with Crippen molar-refractivity contribution in [2.24, 2.45) is 0 Å². The quantitative estimate of drug-likeness (QED) is 0.806. The largest absolute Gasteiger partial charge is 0.461 e. The lowest BCUT2D eigenvalue weighted by atomic mass is 10.1. The highest BCUT2D eigenvalue weighted by molar-refractivity contribution is 5.93. The van der Waals surface area contributed by atoms with Gasteiger partial charge in [0.25, 0.3) is 0 Å². The molecular weight excluding hydrogens is 272 g/mol. The summed E-state index contributed by atoms with van der Waals surface area (Å²) in [7, 11) is 0. The third-order valence-electron chi connectivity index (χ3n) is 2.99. The van der Waals surface area contributed by atoms with Gasteiger partial charge in [0.05, 0.1) is 19.3 Å². The van der Waals surface area contributed by atoms with Gasteiger partial charge in [0.15, 0.2) is 5.69 Å². The minimum Gasteiger partial charge on any atom is -0.461 e. The molecule has 1 atom stereocenters. The SMILES string of the molecule is CCOC(=O)c1nnn(CC(O)CC)c1-c1cccnc1. The van der Waals surface area contributed by atoms with Gasteiger partial charge in [-0.3, -0.25) is 4.98 Å². The van der Waals surface area contributed by atoms with E-state index in [0.29, 0.717) is 17.7 Å². The Balaban J connectivity index is 2.45. The second kappa shape index (κ2) is 6.94. The maximum Gasteiger partial charge on any atom is 0.361 e. The van der Waals surface area contributed by atoms with Crippen LogP contribution < -0.4 is 0 Å². The Labute approximate surface area is 122 Å². The molecule has 0 saturated heterocycles. The zero-order valence-electron chi connectivity index (χ0n) is 12.1. The Hall–Kier alpha value is -2.28. The van der Waals surface area contributed by atoms with Gasteiger partial charge < -0.3 is 9.84 Å². The van der Waals surface area contributed by atoms with Crippen molar-refractivity contribution in [3.05, 3.63) is 30.2 Å². The summed E-state index contributed by atoms with van der Waals surface area (Å²) in [6, 6.07) is 3.57. The van der Waals surface area contributed by atoms with Gasteiger partial charge in [-0.2, -0.15) is 0 Å². The predicted octanol–water partition coefficient (Wildman–Crippen LogP) is 1.29. The summed E-state index contributed by atoms with van der Waals surface area (Å²) in [4.78, 5) is 16.0. The van der Waals surface area contributed by atoms with Crippen LogP contribution in [0.1, 0.15) is 30.8 Å². The predicted molar refractivity (Wildman–Crippen MR) is 75.5 cm³/mol. The van der Waals surface area contributed by atoms with Crippen LogP contribution in [-0.2, 0) is 11.3 Å². The van der Waals surface area contributed by atoms with Crippen LogP contribution in [0.2, 0.25) is 0 Å². The van der Waals surface area contributed by atoms with E-state index in [1.807, 2.05) is 13.0 Å². The number of nitrogens with zero attached hydrogens (tertiary/aromatic N) is 4. The Morgan fingerprint density at radius 1 is 1.48 bits per heavy atom. The van der Waals surface area contributed by atoms with Gasteiger partial charge >= 0.3 is 5.97 Å². The Bertz CT molecular complexity index is 598. The van der Waals surface area contributed by atoms with Crippen LogP contribution >= 0.6 is 0 Å². The average molecular weight is 290 g/mol. The van der Waals surface area contributed by atoms with Crippen molar-refractivity contribution in [1.82, 2.24) is 20.0 Å². The number of carbonyl (C=O) groups is 1. The number of ether oxygens (including phenoxy) is 1. The first-order valence-corrected chi connectivity index (χ1v) is 6.86. The third-order valence-corrected chi connectivity index (χ3v) is 2.99. The van der Waals surface area contributed by atoms with Gasteiger partial charge in [0.1, 0.15) is 5.69 Å². The molecular formula is C14H18N4O3. The summed E-state index contributed by atoms with van der Waals surface area (Å²) in [5.41, 5.74) is 1.34. The highest BCUT2D eigenvalue weighted by Gasteiger charge is 2.23. The van der Waals surface area contributed by atoms with Crippen molar-refractivity contribution in [2.45, 2.75) is 32.9 Å². The fourth-order valence-electron chi connectivity index (χ4n) is 1.90. The molecule has 2 heterocycles. The molecule has 0 aliphatic carbocycles. The summed E-state index contributed by atoms with van der Waals surface area (Å²) in [5, 5.41) is 17.7. The summed E-state index contributed by atoms with van der Waals surface area (Å²) in [6.07, 6.45) is 3.29. The minimum absolute atomic E-state index is 0.133. The van der Waals surface area contributed by atoms with Crippen molar-refractivity contribution >= 4 is 5.97 Å². The van der Waals surface area contributed by atoms with Crippen LogP contribution in [0.4, 0.5) is 0 Å². The van der Waals surface area contributed by atoms with Crippen LogP contribution in [0.25, 0.3) is 11.3 Å². The standard InChI is InChI=1S/C14H18N4O3/c1-3-11(19)9-18-13(10-6-5-7-15-8-10)12(16-17-18)14(20)21-4-2/h5-8,11,19H,3-4,9H2,1-2H3. The third kappa shape index (κ3) is 3.43. The van der Waals surface area contributed by atoms with Crippen LogP contribution in [0.5, 0.6) is 0 Å².